The Morgan fingerprint density at radius 1 is 0.233 bits per heavy atom. The highest BCUT2D eigenvalue weighted by molar-refractivity contribution is 5.81. The lowest BCUT2D eigenvalue weighted by Gasteiger charge is -2.57. The van der Waals surface area contributed by atoms with Crippen LogP contribution in [0.4, 0.5) is 17.1 Å². The molecule has 0 saturated heterocycles. The molecule has 0 atom stereocenters. The van der Waals surface area contributed by atoms with E-state index in [9.17, 15) is 0 Å². The zero-order valence-corrected chi connectivity index (χ0v) is 43.2. The first-order valence-electron chi connectivity index (χ1n) is 29.3. The van der Waals surface area contributed by atoms with Crippen molar-refractivity contribution in [3.05, 3.63) is 196 Å². The van der Waals surface area contributed by atoms with E-state index in [1.54, 1.807) is 16.7 Å². The Bertz CT molecular complexity index is 2610. The molecule has 6 aromatic rings. The Hall–Kier alpha value is -5.66. The van der Waals surface area contributed by atoms with Gasteiger partial charge in [0.25, 0.3) is 0 Å². The number of rotatable bonds is 12. The highest BCUT2D eigenvalue weighted by atomic mass is 15.1. The van der Waals surface area contributed by atoms with Gasteiger partial charge in [0.15, 0.2) is 0 Å². The molecule has 73 heavy (non-hydrogen) atoms. The lowest BCUT2D eigenvalue weighted by atomic mass is 9.48. The number of hydrogen-bond acceptors (Lipinski definition) is 1. The molecule has 368 valence electrons. The lowest BCUT2D eigenvalue weighted by molar-refractivity contribution is -0.00531. The molecule has 12 bridgehead atoms. The minimum Gasteiger partial charge on any atom is -0.311 e. The Morgan fingerprint density at radius 2 is 0.397 bits per heavy atom. The largest absolute Gasteiger partial charge is 0.311 e. The minimum atomic E-state index is 0.451. The summed E-state index contributed by atoms with van der Waals surface area (Å²) in [4.78, 5) is 2.41. The van der Waals surface area contributed by atoms with Crippen LogP contribution in [0.2, 0.25) is 0 Å². The Kier molecular flexibility index (Phi) is 10.9. The first kappa shape index (κ1) is 44.8. The minimum absolute atomic E-state index is 0.451. The van der Waals surface area contributed by atoms with Crippen LogP contribution in [0.15, 0.2) is 146 Å². The van der Waals surface area contributed by atoms with Crippen molar-refractivity contribution in [2.75, 3.05) is 4.90 Å². The molecule has 0 unspecified atom stereocenters. The van der Waals surface area contributed by atoms with Crippen molar-refractivity contribution in [3.63, 3.8) is 0 Å². The van der Waals surface area contributed by atoms with Crippen LogP contribution >= 0.6 is 0 Å². The van der Waals surface area contributed by atoms with Crippen molar-refractivity contribution in [1.29, 1.82) is 0 Å². The van der Waals surface area contributed by atoms with Gasteiger partial charge in [-0.3, -0.25) is 0 Å². The maximum atomic E-state index is 2.47. The second-order valence-electron chi connectivity index (χ2n) is 26.6. The van der Waals surface area contributed by atoms with Crippen LogP contribution in [-0.2, 0) is 16.2 Å². The summed E-state index contributed by atoms with van der Waals surface area (Å²) in [6.07, 6.45) is 40.0. The van der Waals surface area contributed by atoms with Gasteiger partial charge in [0, 0.05) is 17.1 Å². The van der Waals surface area contributed by atoms with Crippen molar-refractivity contribution in [1.82, 2.24) is 0 Å². The molecule has 18 rings (SSSR count). The molecule has 0 spiro atoms. The highest BCUT2D eigenvalue weighted by Crippen LogP contribution is 2.63. The van der Waals surface area contributed by atoms with E-state index < -0.39 is 0 Å². The molecule has 12 fully saturated rings. The molecular weight excluding hydrogens is 879 g/mol. The maximum absolute atomic E-state index is 2.47. The van der Waals surface area contributed by atoms with E-state index in [-0.39, 0.29) is 0 Å². The third kappa shape index (κ3) is 8.44. The Balaban J connectivity index is 0.660. The molecule has 12 aliphatic carbocycles. The second kappa shape index (κ2) is 17.7. The van der Waals surface area contributed by atoms with E-state index in [4.69, 9.17) is 0 Å². The van der Waals surface area contributed by atoms with Crippen molar-refractivity contribution in [3.8, 4) is 0 Å². The van der Waals surface area contributed by atoms with E-state index in [0.29, 0.717) is 16.2 Å². The van der Waals surface area contributed by atoms with E-state index in [2.05, 4.69) is 187 Å². The fourth-order valence-electron chi connectivity index (χ4n) is 19.5. The molecular formula is C72H75N. The van der Waals surface area contributed by atoms with Gasteiger partial charge in [-0.05, 0) is 272 Å². The summed E-state index contributed by atoms with van der Waals surface area (Å²) in [5.41, 5.74) is 17.1. The quantitative estimate of drug-likeness (QED) is 0.111. The van der Waals surface area contributed by atoms with Gasteiger partial charge in [0.1, 0.15) is 0 Å². The molecule has 0 amide bonds. The van der Waals surface area contributed by atoms with Gasteiger partial charge in [-0.15, -0.1) is 0 Å². The van der Waals surface area contributed by atoms with Crippen LogP contribution in [0.25, 0.3) is 36.5 Å². The molecule has 0 radical (unpaired) electrons. The van der Waals surface area contributed by atoms with Crippen LogP contribution in [0.3, 0.4) is 0 Å². The van der Waals surface area contributed by atoms with Gasteiger partial charge in [-0.2, -0.15) is 0 Å². The highest BCUT2D eigenvalue weighted by Gasteiger charge is 2.54. The fraction of sp³-hybridized carbons (Fsp3) is 0.417. The number of benzene rings is 6. The second-order valence-corrected chi connectivity index (χ2v) is 26.6. The summed E-state index contributed by atoms with van der Waals surface area (Å²) in [6.45, 7) is 0. The van der Waals surface area contributed by atoms with Crippen LogP contribution in [-0.4, -0.2) is 0 Å². The topological polar surface area (TPSA) is 3.24 Å². The fourth-order valence-corrected chi connectivity index (χ4v) is 19.5. The maximum Gasteiger partial charge on any atom is 0.0462 e. The standard InChI is InChI=1S/C72H75N/c1(49-7-19-64(20-8-49)70-40-55-31-56(41-70)33-57(32-55)42-70)4-52-13-25-67(26-14-52)73(68-27-15-53(16-28-68)5-2-50-9-21-65(22-10-50)71-43-58-34-59(44-71)36-60(35-58)45-71)69-29-17-54(18-30-69)6-3-51-11-23-66(24-12-51)72-46-61-37-62(47-72)39-63(38-61)48-72/h1-30,55-63H,31-48H2/b4-1+,5-2+,6-3+. The first-order chi connectivity index (χ1) is 35.8. The van der Waals surface area contributed by atoms with Gasteiger partial charge in [0.2, 0.25) is 0 Å². The van der Waals surface area contributed by atoms with Gasteiger partial charge in [-0.1, -0.05) is 146 Å². The number of hydrogen-bond donors (Lipinski definition) is 0. The summed E-state index contributed by atoms with van der Waals surface area (Å²) in [5, 5.41) is 0. The third-order valence-corrected chi connectivity index (χ3v) is 21.5. The number of nitrogens with zero attached hydrogens (tertiary/aromatic N) is 1. The normalized spacial score (nSPS) is 34.3. The van der Waals surface area contributed by atoms with Gasteiger partial charge >= 0.3 is 0 Å². The summed E-state index contributed by atoms with van der Waals surface area (Å²) < 4.78 is 0. The van der Waals surface area contributed by atoms with Crippen LogP contribution in [0.1, 0.15) is 166 Å². The molecule has 0 aromatic heterocycles. The molecule has 0 N–H and O–H groups in total. The zero-order chi connectivity index (χ0) is 48.1. The van der Waals surface area contributed by atoms with Gasteiger partial charge in [-0.25, -0.2) is 0 Å². The van der Waals surface area contributed by atoms with Crippen molar-refractivity contribution >= 4 is 53.5 Å². The molecule has 12 aliphatic rings. The van der Waals surface area contributed by atoms with E-state index in [1.807, 2.05) is 0 Å². The van der Waals surface area contributed by atoms with Crippen LogP contribution < -0.4 is 4.90 Å². The molecule has 0 heterocycles. The van der Waals surface area contributed by atoms with Crippen LogP contribution in [0, 0.1) is 53.3 Å². The van der Waals surface area contributed by atoms with Crippen LogP contribution in [0.5, 0.6) is 0 Å². The van der Waals surface area contributed by atoms with Gasteiger partial charge in [0.05, 0.1) is 0 Å². The van der Waals surface area contributed by atoms with Crippen molar-refractivity contribution in [2.45, 2.75) is 132 Å². The predicted octanol–water partition coefficient (Wildman–Crippen LogP) is 19.1. The average molecular weight is 954 g/mol. The third-order valence-electron chi connectivity index (χ3n) is 21.5. The van der Waals surface area contributed by atoms with Crippen molar-refractivity contribution in [2.24, 2.45) is 53.3 Å². The Morgan fingerprint density at radius 3 is 0.575 bits per heavy atom. The van der Waals surface area contributed by atoms with E-state index in [0.717, 1.165) is 70.3 Å². The van der Waals surface area contributed by atoms with E-state index in [1.165, 1.54) is 149 Å². The summed E-state index contributed by atoms with van der Waals surface area (Å²) in [7, 11) is 0. The number of anilines is 3. The SMILES string of the molecule is C(=C\c1ccc(C23CC4CC(CC(C4)C2)C3)cc1)/c1ccc(N(c2ccc(/C=C/c3ccc(C45CC6CC(CC(C6)C4)C5)cc3)cc2)c2ccc(/C=C/c3ccc(C45CC6CC(CC(C6)C4)C5)cc3)cc2)cc1. The molecule has 0 aliphatic heterocycles. The average Bonchev–Trinajstić information content (AvgIpc) is 3.40. The summed E-state index contributed by atoms with van der Waals surface area (Å²) in [6, 6.07) is 56.4. The van der Waals surface area contributed by atoms with Crippen molar-refractivity contribution < 1.29 is 0 Å². The lowest BCUT2D eigenvalue weighted by Crippen LogP contribution is -2.48. The first-order valence-corrected chi connectivity index (χ1v) is 29.3. The molecule has 6 aromatic carbocycles. The smallest absolute Gasteiger partial charge is 0.0462 e. The van der Waals surface area contributed by atoms with Gasteiger partial charge < -0.3 is 4.90 Å². The Labute approximate surface area is 436 Å². The summed E-state index contributed by atoms with van der Waals surface area (Å²) in [5.74, 6) is 8.76. The molecule has 1 heteroatoms. The predicted molar refractivity (Wildman–Crippen MR) is 307 cm³/mol. The van der Waals surface area contributed by atoms with E-state index >= 15 is 0 Å². The zero-order valence-electron chi connectivity index (χ0n) is 43.2. The molecule has 12 saturated carbocycles. The summed E-state index contributed by atoms with van der Waals surface area (Å²) >= 11 is 0. The molecule has 1 nitrogen and oxygen atoms in total. The monoisotopic (exact) mass is 954 g/mol.